The van der Waals surface area contributed by atoms with Crippen LogP contribution < -0.4 is 15.8 Å². The fraction of sp³-hybridized carbons (Fsp3) is 0.333. The van der Waals surface area contributed by atoms with Crippen LogP contribution in [0.15, 0.2) is 42.7 Å². The number of nitrogens with one attached hydrogen (secondary N) is 1. The number of carbonyl (C=O) groups excluding carboxylic acids is 1. The zero-order chi connectivity index (χ0) is 17.6. The number of carbonyl (C=O) groups is 1. The lowest BCUT2D eigenvalue weighted by molar-refractivity contribution is -0.119. The lowest BCUT2D eigenvalue weighted by atomic mass is 9.92. The van der Waals surface area contributed by atoms with E-state index in [9.17, 15) is 4.79 Å². The van der Waals surface area contributed by atoms with E-state index in [1.54, 1.807) is 42.7 Å². The van der Waals surface area contributed by atoms with E-state index in [1.807, 2.05) is 0 Å². The summed E-state index contributed by atoms with van der Waals surface area (Å²) in [4.78, 5) is 16.3. The summed E-state index contributed by atoms with van der Waals surface area (Å²) in [5.74, 6) is 1.05. The first-order chi connectivity index (χ1) is 12.1. The van der Waals surface area contributed by atoms with Gasteiger partial charge in [-0.3, -0.25) is 9.78 Å². The van der Waals surface area contributed by atoms with Gasteiger partial charge in [0.15, 0.2) is 0 Å². The molecule has 1 atom stereocenters. The molecule has 27 heavy (non-hydrogen) atoms. The van der Waals surface area contributed by atoms with Crippen LogP contribution in [0.5, 0.6) is 11.5 Å². The Kier molecular flexibility index (Phi) is 9.83. The van der Waals surface area contributed by atoms with E-state index >= 15 is 0 Å². The van der Waals surface area contributed by atoms with Crippen molar-refractivity contribution < 1.29 is 14.3 Å². The number of nitrogens with two attached hydrogens (primary N) is 1. The molecular weight excluding hydrogens is 413 g/mol. The van der Waals surface area contributed by atoms with Gasteiger partial charge in [-0.1, -0.05) is 11.6 Å². The highest BCUT2D eigenvalue weighted by atomic mass is 35.5. The minimum absolute atomic E-state index is 0. The number of halogens is 3. The lowest BCUT2D eigenvalue weighted by Gasteiger charge is -2.26. The van der Waals surface area contributed by atoms with Gasteiger partial charge >= 0.3 is 0 Å². The number of rotatable bonds is 5. The summed E-state index contributed by atoms with van der Waals surface area (Å²) in [6, 6.07) is 8.00. The topological polar surface area (TPSA) is 86.5 Å². The third-order valence-electron chi connectivity index (χ3n) is 4.15. The monoisotopic (exact) mass is 433 g/mol. The number of anilines is 1. The van der Waals surface area contributed by atoms with E-state index < -0.39 is 6.04 Å². The largest absolute Gasteiger partial charge is 0.456 e. The molecule has 0 bridgehead atoms. The van der Waals surface area contributed by atoms with Gasteiger partial charge in [0.05, 0.1) is 11.1 Å². The van der Waals surface area contributed by atoms with Crippen molar-refractivity contribution >= 4 is 48.0 Å². The summed E-state index contributed by atoms with van der Waals surface area (Å²) in [5, 5.41) is 3.21. The average Bonchev–Trinajstić information content (AvgIpc) is 2.65. The summed E-state index contributed by atoms with van der Waals surface area (Å²) in [5.41, 5.74) is 6.66. The molecule has 6 nitrogen and oxygen atoms in total. The Morgan fingerprint density at radius 2 is 1.89 bits per heavy atom. The van der Waals surface area contributed by atoms with Gasteiger partial charge in [-0.15, -0.1) is 24.8 Å². The maximum absolute atomic E-state index is 12.3. The lowest BCUT2D eigenvalue weighted by Crippen LogP contribution is -2.43. The van der Waals surface area contributed by atoms with Crippen molar-refractivity contribution in [3.05, 3.63) is 47.7 Å². The molecule has 1 fully saturated rings. The number of amides is 1. The molecule has 3 N–H and O–H groups in total. The summed E-state index contributed by atoms with van der Waals surface area (Å²) in [6.07, 6.45) is 4.87. The molecule has 1 aromatic carbocycles. The molecule has 2 heterocycles. The molecule has 1 amide bonds. The average molecular weight is 435 g/mol. The van der Waals surface area contributed by atoms with Crippen molar-refractivity contribution in [2.75, 3.05) is 18.5 Å². The Hall–Kier alpha value is -1.57. The Morgan fingerprint density at radius 1 is 1.22 bits per heavy atom. The third-order valence-corrected chi connectivity index (χ3v) is 4.45. The molecule has 1 unspecified atom stereocenters. The van der Waals surface area contributed by atoms with E-state index in [1.165, 1.54) is 0 Å². The Morgan fingerprint density at radius 3 is 2.52 bits per heavy atom. The van der Waals surface area contributed by atoms with Crippen LogP contribution >= 0.6 is 36.4 Å². The number of ether oxygens (including phenoxy) is 2. The molecule has 0 saturated carbocycles. The molecule has 0 spiro atoms. The summed E-state index contributed by atoms with van der Waals surface area (Å²) < 4.78 is 11.0. The number of hydrogen-bond acceptors (Lipinski definition) is 5. The van der Waals surface area contributed by atoms with E-state index in [0.717, 1.165) is 12.8 Å². The SMILES string of the molecule is Cl.Cl.NC(C(=O)Nc1ccc(Oc2ccncc2)c(Cl)c1)C1CCOCC1. The van der Waals surface area contributed by atoms with Crippen molar-refractivity contribution in [2.24, 2.45) is 11.7 Å². The second-order valence-electron chi connectivity index (χ2n) is 5.90. The van der Waals surface area contributed by atoms with Crippen LogP contribution in [0.4, 0.5) is 5.69 Å². The van der Waals surface area contributed by atoms with Crippen LogP contribution in [0.1, 0.15) is 12.8 Å². The van der Waals surface area contributed by atoms with Gasteiger partial charge in [-0.25, -0.2) is 0 Å². The highest BCUT2D eigenvalue weighted by molar-refractivity contribution is 6.32. The van der Waals surface area contributed by atoms with Crippen LogP contribution in [0.25, 0.3) is 0 Å². The predicted octanol–water partition coefficient (Wildman–Crippen LogP) is 4.06. The van der Waals surface area contributed by atoms with Crippen LogP contribution in [0.2, 0.25) is 5.02 Å². The van der Waals surface area contributed by atoms with E-state index in [0.29, 0.717) is 35.4 Å². The van der Waals surface area contributed by atoms with Crippen LogP contribution in [-0.4, -0.2) is 30.1 Å². The van der Waals surface area contributed by atoms with Gasteiger partial charge in [-0.2, -0.15) is 0 Å². The second-order valence-corrected chi connectivity index (χ2v) is 6.30. The highest BCUT2D eigenvalue weighted by Crippen LogP contribution is 2.31. The molecule has 3 rings (SSSR count). The van der Waals surface area contributed by atoms with Crippen LogP contribution in [-0.2, 0) is 9.53 Å². The molecular formula is C18H22Cl3N3O3. The Balaban J connectivity index is 0.00000182. The third kappa shape index (κ3) is 6.52. The van der Waals surface area contributed by atoms with E-state index in [-0.39, 0.29) is 36.6 Å². The standard InChI is InChI=1S/C18H20ClN3O3.2ClH/c19-15-11-13(1-2-16(15)25-14-3-7-21-8-4-14)22-18(23)17(20)12-5-9-24-10-6-12;;/h1-4,7-8,11-12,17H,5-6,9-10,20H2,(H,22,23);2*1H. The molecule has 1 aliphatic heterocycles. The molecule has 1 saturated heterocycles. The first-order valence-corrected chi connectivity index (χ1v) is 8.53. The van der Waals surface area contributed by atoms with Gasteiger partial charge in [0.2, 0.25) is 5.91 Å². The Labute approximate surface area is 175 Å². The van der Waals surface area contributed by atoms with Gasteiger partial charge in [0.25, 0.3) is 0 Å². The summed E-state index contributed by atoms with van der Waals surface area (Å²) >= 11 is 6.25. The van der Waals surface area contributed by atoms with Gasteiger partial charge in [0, 0.05) is 31.3 Å². The van der Waals surface area contributed by atoms with Crippen molar-refractivity contribution in [1.82, 2.24) is 4.98 Å². The first-order valence-electron chi connectivity index (χ1n) is 8.15. The molecule has 1 aromatic heterocycles. The van der Waals surface area contributed by atoms with Crippen molar-refractivity contribution in [2.45, 2.75) is 18.9 Å². The minimum Gasteiger partial charge on any atom is -0.456 e. The fourth-order valence-corrected chi connectivity index (χ4v) is 2.93. The van der Waals surface area contributed by atoms with Crippen LogP contribution in [0, 0.1) is 5.92 Å². The van der Waals surface area contributed by atoms with Gasteiger partial charge in [-0.05, 0) is 49.1 Å². The van der Waals surface area contributed by atoms with Crippen molar-refractivity contribution in [1.29, 1.82) is 0 Å². The minimum atomic E-state index is -0.560. The first kappa shape index (κ1) is 23.5. The van der Waals surface area contributed by atoms with E-state index in [4.69, 9.17) is 26.8 Å². The van der Waals surface area contributed by atoms with Crippen LogP contribution in [0.3, 0.4) is 0 Å². The van der Waals surface area contributed by atoms with Gasteiger partial charge < -0.3 is 20.5 Å². The fourth-order valence-electron chi connectivity index (χ4n) is 2.71. The molecule has 0 aliphatic carbocycles. The quantitative estimate of drug-likeness (QED) is 0.741. The number of hydrogen-bond donors (Lipinski definition) is 2. The smallest absolute Gasteiger partial charge is 0.241 e. The molecule has 2 aromatic rings. The molecule has 9 heteroatoms. The maximum atomic E-state index is 12.3. The zero-order valence-electron chi connectivity index (χ0n) is 14.5. The van der Waals surface area contributed by atoms with Crippen molar-refractivity contribution in [3.63, 3.8) is 0 Å². The maximum Gasteiger partial charge on any atom is 0.241 e. The van der Waals surface area contributed by atoms with Gasteiger partial charge in [0.1, 0.15) is 11.5 Å². The number of benzene rings is 1. The zero-order valence-corrected chi connectivity index (χ0v) is 16.9. The van der Waals surface area contributed by atoms with Crippen molar-refractivity contribution in [3.8, 4) is 11.5 Å². The van der Waals surface area contributed by atoms with E-state index in [2.05, 4.69) is 10.3 Å². The molecule has 148 valence electrons. The summed E-state index contributed by atoms with van der Waals surface area (Å²) in [7, 11) is 0. The summed E-state index contributed by atoms with van der Waals surface area (Å²) in [6.45, 7) is 1.30. The second kappa shape index (κ2) is 11.3. The normalized spacial score (nSPS) is 15.0. The Bertz CT molecular complexity index is 728. The molecule has 1 aliphatic rings. The number of pyridine rings is 1. The highest BCUT2D eigenvalue weighted by Gasteiger charge is 2.26. The number of aromatic nitrogens is 1. The predicted molar refractivity (Wildman–Crippen MR) is 110 cm³/mol. The molecule has 0 radical (unpaired) electrons. The number of nitrogens with zero attached hydrogens (tertiary/aromatic N) is 1.